The van der Waals surface area contributed by atoms with Gasteiger partial charge in [0.15, 0.2) is 0 Å². The first-order chi connectivity index (χ1) is 10.1. The molecular formula is C15H23FN2O2S. The number of benzene rings is 1. The van der Waals surface area contributed by atoms with E-state index in [4.69, 9.17) is 0 Å². The zero-order valence-corrected chi connectivity index (χ0v) is 13.3. The van der Waals surface area contributed by atoms with Crippen LogP contribution in [0.4, 0.5) is 4.39 Å². The van der Waals surface area contributed by atoms with E-state index in [1.54, 1.807) is 6.07 Å². The van der Waals surface area contributed by atoms with Gasteiger partial charge in [-0.15, -0.1) is 0 Å². The normalized spacial score (nSPS) is 17.6. The summed E-state index contributed by atoms with van der Waals surface area (Å²) in [7, 11) is -3.62. The molecule has 4 nitrogen and oxygen atoms in total. The summed E-state index contributed by atoms with van der Waals surface area (Å²) in [6, 6.07) is 4.02. The molecule has 1 aliphatic rings. The third-order valence-electron chi connectivity index (χ3n) is 3.78. The lowest BCUT2D eigenvalue weighted by Gasteiger charge is -2.22. The van der Waals surface area contributed by atoms with Crippen LogP contribution in [0.5, 0.6) is 0 Å². The van der Waals surface area contributed by atoms with Crippen LogP contribution in [0.25, 0.3) is 0 Å². The minimum atomic E-state index is -3.62. The molecule has 118 valence electrons. The van der Waals surface area contributed by atoms with E-state index in [0.29, 0.717) is 25.2 Å². The lowest BCUT2D eigenvalue weighted by molar-refractivity contribution is 0.422. The molecule has 0 spiro atoms. The molecule has 0 unspecified atom stereocenters. The number of halogens is 1. The highest BCUT2D eigenvalue weighted by Crippen LogP contribution is 2.24. The summed E-state index contributed by atoms with van der Waals surface area (Å²) in [6.45, 7) is 4.17. The quantitative estimate of drug-likeness (QED) is 0.908. The van der Waals surface area contributed by atoms with Crippen molar-refractivity contribution in [1.82, 2.24) is 9.62 Å². The van der Waals surface area contributed by atoms with E-state index in [0.717, 1.165) is 38.3 Å². The maximum absolute atomic E-state index is 13.5. The van der Waals surface area contributed by atoms with E-state index in [1.807, 2.05) is 6.92 Å². The lowest BCUT2D eigenvalue weighted by atomic mass is 10.2. The Morgan fingerprint density at radius 3 is 2.48 bits per heavy atom. The summed E-state index contributed by atoms with van der Waals surface area (Å²) < 4.78 is 40.7. The second kappa shape index (κ2) is 7.33. The van der Waals surface area contributed by atoms with Crippen molar-refractivity contribution in [2.24, 2.45) is 0 Å². The van der Waals surface area contributed by atoms with Gasteiger partial charge in [-0.2, -0.15) is 4.31 Å². The average molecular weight is 314 g/mol. The molecule has 1 aromatic carbocycles. The monoisotopic (exact) mass is 314 g/mol. The highest BCUT2D eigenvalue weighted by atomic mass is 32.2. The summed E-state index contributed by atoms with van der Waals surface area (Å²) in [5.74, 6) is -0.511. The first-order valence-electron chi connectivity index (χ1n) is 7.55. The summed E-state index contributed by atoms with van der Waals surface area (Å²) in [5, 5.41) is 3.11. The van der Waals surface area contributed by atoms with Gasteiger partial charge in [0, 0.05) is 19.6 Å². The molecule has 21 heavy (non-hydrogen) atoms. The smallest absolute Gasteiger partial charge is 0.243 e. The minimum Gasteiger partial charge on any atom is -0.313 e. The molecular weight excluding hydrogens is 291 g/mol. The average Bonchev–Trinajstić information content (AvgIpc) is 2.75. The molecule has 1 fully saturated rings. The Balaban J connectivity index is 2.35. The van der Waals surface area contributed by atoms with Gasteiger partial charge in [-0.25, -0.2) is 12.8 Å². The molecule has 0 atom stereocenters. The molecule has 0 aliphatic carbocycles. The van der Waals surface area contributed by atoms with Gasteiger partial charge in [0.05, 0.1) is 4.90 Å². The van der Waals surface area contributed by atoms with Gasteiger partial charge >= 0.3 is 0 Å². The first kappa shape index (κ1) is 16.4. The van der Waals surface area contributed by atoms with Gasteiger partial charge in [-0.1, -0.05) is 25.8 Å². The molecule has 1 heterocycles. The minimum absolute atomic E-state index is 0.102. The van der Waals surface area contributed by atoms with Crippen LogP contribution in [0, 0.1) is 5.82 Å². The Hall–Kier alpha value is -0.980. The number of sulfonamides is 1. The third-order valence-corrected chi connectivity index (χ3v) is 5.76. The second-order valence-corrected chi connectivity index (χ2v) is 7.26. The van der Waals surface area contributed by atoms with Crippen molar-refractivity contribution in [3.05, 3.63) is 29.6 Å². The largest absolute Gasteiger partial charge is 0.313 e. The number of hydrogen-bond acceptors (Lipinski definition) is 3. The molecule has 0 aromatic heterocycles. The maximum atomic E-state index is 13.5. The van der Waals surface area contributed by atoms with Crippen molar-refractivity contribution in [3.8, 4) is 0 Å². The number of rotatable bonds is 5. The zero-order valence-electron chi connectivity index (χ0n) is 12.4. The fourth-order valence-corrected chi connectivity index (χ4v) is 4.35. The summed E-state index contributed by atoms with van der Waals surface area (Å²) in [5.41, 5.74) is 0.627. The molecule has 2 rings (SSSR count). The second-order valence-electron chi connectivity index (χ2n) is 5.35. The van der Waals surface area contributed by atoms with E-state index in [2.05, 4.69) is 5.32 Å². The Labute approximate surface area is 126 Å². The topological polar surface area (TPSA) is 49.4 Å². The molecule has 6 heteroatoms. The highest BCUT2D eigenvalue weighted by molar-refractivity contribution is 7.89. The number of nitrogens with zero attached hydrogens (tertiary/aromatic N) is 1. The first-order valence-corrected chi connectivity index (χ1v) is 8.99. The fourth-order valence-electron chi connectivity index (χ4n) is 2.60. The molecule has 1 aliphatic heterocycles. The Kier molecular flexibility index (Phi) is 5.72. The van der Waals surface area contributed by atoms with Crippen molar-refractivity contribution in [2.45, 2.75) is 44.0 Å². The Morgan fingerprint density at radius 2 is 1.86 bits per heavy atom. The van der Waals surface area contributed by atoms with Crippen LogP contribution in [-0.4, -0.2) is 32.4 Å². The van der Waals surface area contributed by atoms with Gasteiger partial charge in [0.25, 0.3) is 0 Å². The van der Waals surface area contributed by atoms with Crippen LogP contribution >= 0.6 is 0 Å². The summed E-state index contributed by atoms with van der Waals surface area (Å²) in [4.78, 5) is 0.102. The standard InChI is InChI=1S/C15H23FN2O2S/c1-2-17-12-13-7-8-14(16)11-15(13)21(19,20)18-9-5-3-4-6-10-18/h7-8,11,17H,2-6,9-10,12H2,1H3. The Morgan fingerprint density at radius 1 is 1.19 bits per heavy atom. The van der Waals surface area contributed by atoms with Crippen molar-refractivity contribution in [2.75, 3.05) is 19.6 Å². The van der Waals surface area contributed by atoms with E-state index >= 15 is 0 Å². The van der Waals surface area contributed by atoms with E-state index in [-0.39, 0.29) is 4.90 Å². The van der Waals surface area contributed by atoms with Crippen LogP contribution in [0.1, 0.15) is 38.2 Å². The van der Waals surface area contributed by atoms with Gasteiger partial charge < -0.3 is 5.32 Å². The van der Waals surface area contributed by atoms with E-state index < -0.39 is 15.8 Å². The van der Waals surface area contributed by atoms with Crippen LogP contribution in [0.2, 0.25) is 0 Å². The Bertz CT molecular complexity index is 567. The molecule has 0 amide bonds. The molecule has 1 N–H and O–H groups in total. The molecule has 0 bridgehead atoms. The fraction of sp³-hybridized carbons (Fsp3) is 0.600. The third kappa shape index (κ3) is 4.02. The van der Waals surface area contributed by atoms with Crippen molar-refractivity contribution < 1.29 is 12.8 Å². The molecule has 0 radical (unpaired) electrons. The van der Waals surface area contributed by atoms with Crippen LogP contribution in [0.3, 0.4) is 0 Å². The van der Waals surface area contributed by atoms with E-state index in [9.17, 15) is 12.8 Å². The van der Waals surface area contributed by atoms with Crippen LogP contribution in [0.15, 0.2) is 23.1 Å². The van der Waals surface area contributed by atoms with Gasteiger partial charge in [0.1, 0.15) is 5.82 Å². The van der Waals surface area contributed by atoms with Gasteiger partial charge in [-0.3, -0.25) is 0 Å². The molecule has 0 saturated carbocycles. The number of hydrogen-bond donors (Lipinski definition) is 1. The summed E-state index contributed by atoms with van der Waals surface area (Å²) in [6.07, 6.45) is 3.85. The van der Waals surface area contributed by atoms with Crippen LogP contribution in [-0.2, 0) is 16.6 Å². The molecule has 1 saturated heterocycles. The predicted molar refractivity (Wildman–Crippen MR) is 81.0 cm³/mol. The number of nitrogens with one attached hydrogen (secondary N) is 1. The lowest BCUT2D eigenvalue weighted by Crippen LogP contribution is -2.33. The van der Waals surface area contributed by atoms with Crippen molar-refractivity contribution in [1.29, 1.82) is 0 Å². The SMILES string of the molecule is CCNCc1ccc(F)cc1S(=O)(=O)N1CCCCCC1. The van der Waals surface area contributed by atoms with Crippen LogP contribution < -0.4 is 5.32 Å². The predicted octanol–water partition coefficient (Wildman–Crippen LogP) is 2.50. The highest BCUT2D eigenvalue weighted by Gasteiger charge is 2.27. The van der Waals surface area contributed by atoms with Crippen molar-refractivity contribution >= 4 is 10.0 Å². The van der Waals surface area contributed by atoms with Crippen molar-refractivity contribution in [3.63, 3.8) is 0 Å². The van der Waals surface area contributed by atoms with E-state index in [1.165, 1.54) is 10.4 Å². The van der Waals surface area contributed by atoms with Gasteiger partial charge in [0.2, 0.25) is 10.0 Å². The zero-order chi connectivity index (χ0) is 15.3. The van der Waals surface area contributed by atoms with Gasteiger partial charge in [-0.05, 0) is 37.1 Å². The summed E-state index contributed by atoms with van der Waals surface area (Å²) >= 11 is 0. The molecule has 1 aromatic rings. The maximum Gasteiger partial charge on any atom is 0.243 e.